The summed E-state index contributed by atoms with van der Waals surface area (Å²) in [5, 5.41) is 7.12. The first-order valence-electron chi connectivity index (χ1n) is 8.10. The lowest BCUT2D eigenvalue weighted by molar-refractivity contribution is -0.130. The minimum absolute atomic E-state index is 0.0661. The van der Waals surface area contributed by atoms with Crippen molar-refractivity contribution >= 4 is 17.3 Å². The summed E-state index contributed by atoms with van der Waals surface area (Å²) in [5.41, 5.74) is 1.59. The van der Waals surface area contributed by atoms with Gasteiger partial charge in [0.2, 0.25) is 5.91 Å². The molecule has 122 valence electrons. The highest BCUT2D eigenvalue weighted by molar-refractivity contribution is 5.94. The molecule has 0 saturated carbocycles. The third-order valence-electron chi connectivity index (χ3n) is 4.56. The van der Waals surface area contributed by atoms with Gasteiger partial charge in [0.15, 0.2) is 0 Å². The van der Waals surface area contributed by atoms with E-state index in [1.54, 1.807) is 23.8 Å². The Morgan fingerprint density at radius 1 is 1.26 bits per heavy atom. The summed E-state index contributed by atoms with van der Waals surface area (Å²) in [6.45, 7) is 3.96. The fourth-order valence-corrected chi connectivity index (χ4v) is 3.08. The van der Waals surface area contributed by atoms with Crippen molar-refractivity contribution in [3.8, 4) is 0 Å². The van der Waals surface area contributed by atoms with E-state index in [1.807, 2.05) is 23.1 Å². The molecule has 2 aromatic rings. The van der Waals surface area contributed by atoms with Gasteiger partial charge < -0.3 is 10.2 Å². The second kappa shape index (κ2) is 6.81. The van der Waals surface area contributed by atoms with Crippen molar-refractivity contribution in [3.63, 3.8) is 0 Å². The van der Waals surface area contributed by atoms with Gasteiger partial charge in [-0.05, 0) is 43.4 Å². The summed E-state index contributed by atoms with van der Waals surface area (Å²) in [4.78, 5) is 25.4. The van der Waals surface area contributed by atoms with Crippen LogP contribution in [0.5, 0.6) is 0 Å². The number of carbonyl (C=O) groups is 2. The molecule has 1 fully saturated rings. The van der Waals surface area contributed by atoms with Crippen LogP contribution in [0.15, 0.2) is 30.6 Å². The van der Waals surface area contributed by atoms with Crippen molar-refractivity contribution in [2.75, 3.05) is 19.6 Å². The second-order valence-corrected chi connectivity index (χ2v) is 6.11. The zero-order valence-corrected chi connectivity index (χ0v) is 13.4. The predicted molar refractivity (Wildman–Crippen MR) is 87.1 cm³/mol. The van der Waals surface area contributed by atoms with E-state index in [0.717, 1.165) is 37.9 Å². The molecule has 1 aliphatic heterocycles. The lowest BCUT2D eigenvalue weighted by Crippen LogP contribution is -2.38. The normalized spacial score (nSPS) is 15.8. The first-order chi connectivity index (χ1) is 11.1. The van der Waals surface area contributed by atoms with Crippen LogP contribution in [-0.4, -0.2) is 46.0 Å². The number of carbonyl (C=O) groups excluding carboxylic acids is 2. The first-order valence-corrected chi connectivity index (χ1v) is 8.10. The van der Waals surface area contributed by atoms with Crippen LogP contribution < -0.4 is 5.32 Å². The van der Waals surface area contributed by atoms with Crippen molar-refractivity contribution in [2.24, 2.45) is 5.92 Å². The van der Waals surface area contributed by atoms with Gasteiger partial charge in [0, 0.05) is 39.0 Å². The van der Waals surface area contributed by atoms with Crippen LogP contribution in [-0.2, 0) is 4.79 Å². The standard InChI is InChI=1S/C17H22N4O2/c1-13(22)20-10-6-14(7-11-20)4-8-18-17(23)15-2-3-16-5-9-19-21(16)12-15/h2-3,5,9,12,14H,4,6-8,10-11H2,1H3,(H,18,23). The van der Waals surface area contributed by atoms with Crippen LogP contribution in [0.3, 0.4) is 0 Å². The largest absolute Gasteiger partial charge is 0.352 e. The molecular weight excluding hydrogens is 292 g/mol. The van der Waals surface area contributed by atoms with E-state index < -0.39 is 0 Å². The Balaban J connectivity index is 1.45. The number of nitrogens with zero attached hydrogens (tertiary/aromatic N) is 3. The Morgan fingerprint density at radius 2 is 2.04 bits per heavy atom. The fourth-order valence-electron chi connectivity index (χ4n) is 3.08. The van der Waals surface area contributed by atoms with E-state index >= 15 is 0 Å². The van der Waals surface area contributed by atoms with Gasteiger partial charge in [-0.25, -0.2) is 4.52 Å². The third-order valence-corrected chi connectivity index (χ3v) is 4.56. The van der Waals surface area contributed by atoms with E-state index in [0.29, 0.717) is 18.0 Å². The molecule has 0 aromatic carbocycles. The molecule has 0 spiro atoms. The Hall–Kier alpha value is -2.37. The SMILES string of the molecule is CC(=O)N1CCC(CCNC(=O)c2ccc3ccnn3c2)CC1. The highest BCUT2D eigenvalue weighted by Gasteiger charge is 2.20. The van der Waals surface area contributed by atoms with E-state index in [-0.39, 0.29) is 11.8 Å². The van der Waals surface area contributed by atoms with E-state index in [2.05, 4.69) is 10.4 Å². The molecule has 0 aliphatic carbocycles. The van der Waals surface area contributed by atoms with Gasteiger partial charge in [0.05, 0.1) is 11.1 Å². The van der Waals surface area contributed by atoms with Gasteiger partial charge in [-0.15, -0.1) is 0 Å². The molecule has 2 aromatic heterocycles. The first kappa shape index (κ1) is 15.5. The Labute approximate surface area is 135 Å². The molecular formula is C17H22N4O2. The number of amides is 2. The molecule has 0 bridgehead atoms. The Bertz CT molecular complexity index is 701. The molecule has 1 aliphatic rings. The van der Waals surface area contributed by atoms with Crippen LogP contribution in [0.2, 0.25) is 0 Å². The summed E-state index contributed by atoms with van der Waals surface area (Å²) in [7, 11) is 0. The number of aromatic nitrogens is 2. The number of hydrogen-bond acceptors (Lipinski definition) is 3. The summed E-state index contributed by atoms with van der Waals surface area (Å²) in [6, 6.07) is 5.60. The van der Waals surface area contributed by atoms with Crippen molar-refractivity contribution in [2.45, 2.75) is 26.2 Å². The van der Waals surface area contributed by atoms with Crippen molar-refractivity contribution in [1.82, 2.24) is 19.8 Å². The van der Waals surface area contributed by atoms with Crippen molar-refractivity contribution in [1.29, 1.82) is 0 Å². The third kappa shape index (κ3) is 3.70. The summed E-state index contributed by atoms with van der Waals surface area (Å²) in [6.07, 6.45) is 6.46. The van der Waals surface area contributed by atoms with Crippen LogP contribution in [0, 0.1) is 5.92 Å². The van der Waals surface area contributed by atoms with Crippen LogP contribution >= 0.6 is 0 Å². The van der Waals surface area contributed by atoms with Gasteiger partial charge in [-0.1, -0.05) is 0 Å². The maximum atomic E-state index is 12.2. The molecule has 6 heteroatoms. The Morgan fingerprint density at radius 3 is 2.78 bits per heavy atom. The van der Waals surface area contributed by atoms with Gasteiger partial charge >= 0.3 is 0 Å². The number of nitrogens with one attached hydrogen (secondary N) is 1. The molecule has 23 heavy (non-hydrogen) atoms. The smallest absolute Gasteiger partial charge is 0.252 e. The highest BCUT2D eigenvalue weighted by Crippen LogP contribution is 2.20. The van der Waals surface area contributed by atoms with Crippen LogP contribution in [0.25, 0.3) is 5.52 Å². The van der Waals surface area contributed by atoms with Gasteiger partial charge in [-0.2, -0.15) is 5.10 Å². The van der Waals surface area contributed by atoms with Gasteiger partial charge in [-0.3, -0.25) is 9.59 Å². The lowest BCUT2D eigenvalue weighted by atomic mass is 9.93. The molecule has 2 amide bonds. The molecule has 1 saturated heterocycles. The highest BCUT2D eigenvalue weighted by atomic mass is 16.2. The van der Waals surface area contributed by atoms with Crippen LogP contribution in [0.4, 0.5) is 0 Å². The Kier molecular flexibility index (Phi) is 4.60. The van der Waals surface area contributed by atoms with E-state index in [4.69, 9.17) is 0 Å². The molecule has 6 nitrogen and oxygen atoms in total. The topological polar surface area (TPSA) is 66.7 Å². The lowest BCUT2D eigenvalue weighted by Gasteiger charge is -2.31. The van der Waals surface area contributed by atoms with Crippen molar-refractivity contribution < 1.29 is 9.59 Å². The maximum Gasteiger partial charge on any atom is 0.252 e. The van der Waals surface area contributed by atoms with E-state index in [1.165, 1.54) is 0 Å². The minimum atomic E-state index is -0.0661. The second-order valence-electron chi connectivity index (χ2n) is 6.11. The molecule has 3 heterocycles. The number of piperidine rings is 1. The number of pyridine rings is 1. The molecule has 3 rings (SSSR count). The van der Waals surface area contributed by atoms with Crippen LogP contribution in [0.1, 0.15) is 36.5 Å². The minimum Gasteiger partial charge on any atom is -0.352 e. The number of fused-ring (bicyclic) bond motifs is 1. The van der Waals surface area contributed by atoms with E-state index in [9.17, 15) is 9.59 Å². The summed E-state index contributed by atoms with van der Waals surface area (Å²) in [5.74, 6) is 0.675. The predicted octanol–water partition coefficient (Wildman–Crippen LogP) is 1.71. The zero-order valence-electron chi connectivity index (χ0n) is 13.4. The van der Waals surface area contributed by atoms with Gasteiger partial charge in [0.25, 0.3) is 5.91 Å². The number of hydrogen-bond donors (Lipinski definition) is 1. The number of rotatable bonds is 4. The zero-order chi connectivity index (χ0) is 16.2. The average Bonchev–Trinajstić information content (AvgIpc) is 3.02. The fraction of sp³-hybridized carbons (Fsp3) is 0.471. The molecule has 0 radical (unpaired) electrons. The van der Waals surface area contributed by atoms with Gasteiger partial charge in [0.1, 0.15) is 0 Å². The number of likely N-dealkylation sites (tertiary alicyclic amines) is 1. The van der Waals surface area contributed by atoms with Crippen molar-refractivity contribution in [3.05, 3.63) is 36.2 Å². The summed E-state index contributed by atoms with van der Waals surface area (Å²) >= 11 is 0. The molecule has 0 atom stereocenters. The monoisotopic (exact) mass is 314 g/mol. The molecule has 0 unspecified atom stereocenters. The summed E-state index contributed by atoms with van der Waals surface area (Å²) < 4.78 is 1.70. The maximum absolute atomic E-state index is 12.2. The quantitative estimate of drug-likeness (QED) is 0.934. The average molecular weight is 314 g/mol. The molecule has 1 N–H and O–H groups in total.